The van der Waals surface area contributed by atoms with Crippen LogP contribution in [0.4, 0.5) is 0 Å². The minimum absolute atomic E-state index is 0.0677. The number of ether oxygens (including phenoxy) is 2. The molecule has 1 aromatic rings. The first-order valence-electron chi connectivity index (χ1n) is 7.33. The van der Waals surface area contributed by atoms with Gasteiger partial charge in [0.2, 0.25) is 0 Å². The average Bonchev–Trinajstić information content (AvgIpc) is 2.91. The lowest BCUT2D eigenvalue weighted by atomic mass is 9.93. The molecule has 0 amide bonds. The number of carbonyl (C=O) groups excluding carboxylic acids is 2. The van der Waals surface area contributed by atoms with E-state index >= 15 is 0 Å². The van der Waals surface area contributed by atoms with Crippen molar-refractivity contribution in [1.29, 1.82) is 0 Å². The molecule has 0 radical (unpaired) electrons. The molecule has 1 aliphatic carbocycles. The molecular weight excluding hydrogens is 272 g/mol. The summed E-state index contributed by atoms with van der Waals surface area (Å²) in [6.07, 6.45) is 8.90. The van der Waals surface area contributed by atoms with E-state index in [4.69, 9.17) is 9.47 Å². The Bertz CT molecular complexity index is 575. The van der Waals surface area contributed by atoms with Gasteiger partial charge in [0.05, 0.1) is 6.20 Å². The number of rotatable bonds is 2. The fourth-order valence-electron chi connectivity index (χ4n) is 2.76. The van der Waals surface area contributed by atoms with Crippen LogP contribution in [-0.2, 0) is 25.6 Å². The third-order valence-electron chi connectivity index (χ3n) is 3.90. The molecule has 112 valence electrons. The minimum atomic E-state index is -1.03. The monoisotopic (exact) mass is 290 g/mol. The van der Waals surface area contributed by atoms with E-state index in [1.807, 2.05) is 6.92 Å². The van der Waals surface area contributed by atoms with E-state index in [0.717, 1.165) is 25.8 Å². The molecule has 3 rings (SSSR count). The Kier molecular flexibility index (Phi) is 3.53. The summed E-state index contributed by atoms with van der Waals surface area (Å²) in [6, 6.07) is 0. The summed E-state index contributed by atoms with van der Waals surface area (Å²) >= 11 is 0. The van der Waals surface area contributed by atoms with Crippen LogP contribution >= 0.6 is 0 Å². The van der Waals surface area contributed by atoms with Gasteiger partial charge < -0.3 is 9.47 Å². The third-order valence-corrected chi connectivity index (χ3v) is 3.90. The number of esters is 2. The van der Waals surface area contributed by atoms with Gasteiger partial charge in [-0.3, -0.25) is 4.68 Å². The lowest BCUT2D eigenvalue weighted by Gasteiger charge is -2.38. The van der Waals surface area contributed by atoms with Crippen LogP contribution in [0.5, 0.6) is 0 Å². The quantitative estimate of drug-likeness (QED) is 0.473. The Morgan fingerprint density at radius 1 is 1.24 bits per heavy atom. The van der Waals surface area contributed by atoms with Gasteiger partial charge in [-0.15, -0.1) is 0 Å². The average molecular weight is 290 g/mol. The molecule has 2 heterocycles. The number of hydrogen-bond donors (Lipinski definition) is 0. The van der Waals surface area contributed by atoms with Crippen LogP contribution < -0.4 is 0 Å². The van der Waals surface area contributed by atoms with Gasteiger partial charge in [-0.2, -0.15) is 5.10 Å². The highest BCUT2D eigenvalue weighted by molar-refractivity contribution is 6.18. The Hall–Kier alpha value is -2.11. The van der Waals surface area contributed by atoms with Crippen LogP contribution in [0.3, 0.4) is 0 Å². The second-order valence-corrected chi connectivity index (χ2v) is 5.44. The van der Waals surface area contributed by atoms with Gasteiger partial charge in [0.15, 0.2) is 0 Å². The van der Waals surface area contributed by atoms with E-state index in [-0.39, 0.29) is 5.57 Å². The molecule has 21 heavy (non-hydrogen) atoms. The van der Waals surface area contributed by atoms with Crippen LogP contribution in [0.15, 0.2) is 18.0 Å². The minimum Gasteiger partial charge on any atom is -0.419 e. The molecule has 6 heteroatoms. The molecule has 0 bridgehead atoms. The topological polar surface area (TPSA) is 70.4 Å². The van der Waals surface area contributed by atoms with E-state index < -0.39 is 17.7 Å². The summed E-state index contributed by atoms with van der Waals surface area (Å²) in [5.74, 6) is -2.23. The van der Waals surface area contributed by atoms with E-state index in [2.05, 4.69) is 5.10 Å². The molecular formula is C15H18N2O4. The molecule has 1 aromatic heterocycles. The SMILES string of the molecule is CCn1cc(C=C2C(=O)OC3(CCCCC3)OC2=O)cn1. The second-order valence-electron chi connectivity index (χ2n) is 5.44. The van der Waals surface area contributed by atoms with Gasteiger partial charge in [0, 0.05) is 31.1 Å². The highest BCUT2D eigenvalue weighted by atomic mass is 16.7. The van der Waals surface area contributed by atoms with Crippen molar-refractivity contribution < 1.29 is 19.1 Å². The zero-order valence-corrected chi connectivity index (χ0v) is 12.0. The number of aryl methyl sites for hydroxylation is 1. The van der Waals surface area contributed by atoms with E-state index in [9.17, 15) is 9.59 Å². The first-order valence-corrected chi connectivity index (χ1v) is 7.33. The highest BCUT2D eigenvalue weighted by Gasteiger charge is 2.46. The number of nitrogens with zero attached hydrogens (tertiary/aromatic N) is 2. The van der Waals surface area contributed by atoms with Gasteiger partial charge >= 0.3 is 11.9 Å². The van der Waals surface area contributed by atoms with Crippen molar-refractivity contribution in [1.82, 2.24) is 9.78 Å². The number of aromatic nitrogens is 2. The van der Waals surface area contributed by atoms with Crippen molar-refractivity contribution in [3.8, 4) is 0 Å². The van der Waals surface area contributed by atoms with Crippen molar-refractivity contribution in [2.24, 2.45) is 0 Å². The Labute approximate surface area is 122 Å². The van der Waals surface area contributed by atoms with E-state index in [1.54, 1.807) is 17.1 Å². The van der Waals surface area contributed by atoms with Crippen LogP contribution in [0, 0.1) is 0 Å². The second kappa shape index (κ2) is 5.35. The summed E-state index contributed by atoms with van der Waals surface area (Å²) in [5.41, 5.74) is 0.613. The fraction of sp³-hybridized carbons (Fsp3) is 0.533. The fourth-order valence-corrected chi connectivity index (χ4v) is 2.76. The van der Waals surface area contributed by atoms with Gasteiger partial charge in [-0.05, 0) is 25.8 Å². The zero-order chi connectivity index (χ0) is 14.9. The van der Waals surface area contributed by atoms with Gasteiger partial charge in [0.1, 0.15) is 5.57 Å². The van der Waals surface area contributed by atoms with Crippen molar-refractivity contribution >= 4 is 18.0 Å². The number of carbonyl (C=O) groups is 2. The first-order chi connectivity index (χ1) is 10.1. The molecule has 1 spiro atoms. The normalized spacial score (nSPS) is 21.1. The molecule has 2 aliphatic rings. The summed E-state index contributed by atoms with van der Waals surface area (Å²) in [5, 5.41) is 4.10. The van der Waals surface area contributed by atoms with Crippen molar-refractivity contribution in [3.63, 3.8) is 0 Å². The molecule has 6 nitrogen and oxygen atoms in total. The van der Waals surface area contributed by atoms with Gasteiger partial charge in [-0.1, -0.05) is 6.42 Å². The third kappa shape index (κ3) is 2.70. The summed E-state index contributed by atoms with van der Waals surface area (Å²) in [7, 11) is 0. The summed E-state index contributed by atoms with van der Waals surface area (Å²) in [4.78, 5) is 24.3. The lowest BCUT2D eigenvalue weighted by Crippen LogP contribution is -2.47. The standard InChI is InChI=1S/C15H18N2O4/c1-2-17-10-11(9-16-17)8-12-13(18)20-15(21-14(12)19)6-4-3-5-7-15/h8-10H,2-7H2,1H3. The summed E-state index contributed by atoms with van der Waals surface area (Å²) in [6.45, 7) is 2.68. The van der Waals surface area contributed by atoms with Crippen molar-refractivity contribution in [3.05, 3.63) is 23.5 Å². The summed E-state index contributed by atoms with van der Waals surface area (Å²) < 4.78 is 12.6. The first kappa shape index (κ1) is 13.9. The maximum Gasteiger partial charge on any atom is 0.348 e. The lowest BCUT2D eigenvalue weighted by molar-refractivity contribution is -0.244. The van der Waals surface area contributed by atoms with Crippen molar-refractivity contribution in [2.75, 3.05) is 0 Å². The smallest absolute Gasteiger partial charge is 0.348 e. The largest absolute Gasteiger partial charge is 0.419 e. The highest BCUT2D eigenvalue weighted by Crippen LogP contribution is 2.37. The molecule has 0 aromatic carbocycles. The Balaban J connectivity index is 1.81. The van der Waals surface area contributed by atoms with Crippen LogP contribution in [0.25, 0.3) is 6.08 Å². The predicted molar refractivity (Wildman–Crippen MR) is 73.9 cm³/mol. The molecule has 0 N–H and O–H groups in total. The van der Waals surface area contributed by atoms with Crippen LogP contribution in [0.1, 0.15) is 44.6 Å². The van der Waals surface area contributed by atoms with Gasteiger partial charge in [-0.25, -0.2) is 9.59 Å². The zero-order valence-electron chi connectivity index (χ0n) is 12.0. The molecule has 1 saturated heterocycles. The molecule has 1 saturated carbocycles. The molecule has 1 aliphatic heterocycles. The van der Waals surface area contributed by atoms with Crippen LogP contribution in [-0.4, -0.2) is 27.5 Å². The van der Waals surface area contributed by atoms with Crippen LogP contribution in [0.2, 0.25) is 0 Å². The van der Waals surface area contributed by atoms with Gasteiger partial charge in [0.25, 0.3) is 5.79 Å². The molecule has 0 atom stereocenters. The Morgan fingerprint density at radius 2 is 1.90 bits per heavy atom. The van der Waals surface area contributed by atoms with Crippen molar-refractivity contribution in [2.45, 2.75) is 51.4 Å². The molecule has 0 unspecified atom stereocenters. The Morgan fingerprint density at radius 3 is 2.48 bits per heavy atom. The van der Waals surface area contributed by atoms with E-state index in [0.29, 0.717) is 18.4 Å². The number of hydrogen-bond acceptors (Lipinski definition) is 5. The van der Waals surface area contributed by atoms with E-state index in [1.165, 1.54) is 6.08 Å². The predicted octanol–water partition coefficient (Wildman–Crippen LogP) is 2.05. The maximum atomic E-state index is 12.1. The maximum absolute atomic E-state index is 12.1. The molecule has 2 fully saturated rings.